The van der Waals surface area contributed by atoms with Gasteiger partial charge in [-0.05, 0) is 18.6 Å². The Balaban J connectivity index is 2.03. The maximum Gasteiger partial charge on any atom is 0.245 e. The van der Waals surface area contributed by atoms with Gasteiger partial charge in [0.2, 0.25) is 15.5 Å². The molecule has 102 valence electrons. The van der Waals surface area contributed by atoms with Crippen LogP contribution in [0.1, 0.15) is 4.88 Å². The lowest BCUT2D eigenvalue weighted by Crippen LogP contribution is -2.29. The van der Waals surface area contributed by atoms with Gasteiger partial charge in [-0.3, -0.25) is 4.79 Å². The van der Waals surface area contributed by atoms with Crippen molar-refractivity contribution >= 4 is 33.0 Å². The highest BCUT2D eigenvalue weighted by atomic mass is 35.5. The Morgan fingerprint density at radius 2 is 2.11 bits per heavy atom. The van der Waals surface area contributed by atoms with Crippen LogP contribution in [0.3, 0.4) is 0 Å². The second-order valence-corrected chi connectivity index (χ2v) is 7.26. The molecule has 5 nitrogen and oxygen atoms in total. The molecule has 0 aliphatic heterocycles. The second kappa shape index (κ2) is 5.87. The molecular weight excluding hydrogens is 308 g/mol. The summed E-state index contributed by atoms with van der Waals surface area (Å²) < 4.78 is 26.8. The number of hydrogen-bond acceptors (Lipinski definition) is 4. The minimum Gasteiger partial charge on any atom is -0.366 e. The van der Waals surface area contributed by atoms with Crippen LogP contribution in [0.15, 0.2) is 40.3 Å². The average molecular weight is 319 g/mol. The van der Waals surface area contributed by atoms with Gasteiger partial charge in [-0.25, -0.2) is 13.1 Å². The van der Waals surface area contributed by atoms with E-state index in [4.69, 9.17) is 11.6 Å². The van der Waals surface area contributed by atoms with Gasteiger partial charge in [0.15, 0.2) is 0 Å². The Morgan fingerprint density at radius 3 is 2.74 bits per heavy atom. The van der Waals surface area contributed by atoms with Gasteiger partial charge in [-0.15, -0.1) is 11.3 Å². The molecule has 0 amide bonds. The number of pyridine rings is 1. The van der Waals surface area contributed by atoms with Crippen molar-refractivity contribution in [3.8, 4) is 0 Å². The van der Waals surface area contributed by atoms with Gasteiger partial charge in [0, 0.05) is 29.9 Å². The SMILES string of the molecule is O=c1cc[nH]cc1S(=O)(=O)NCCc1ccc(Cl)s1. The van der Waals surface area contributed by atoms with Gasteiger partial charge < -0.3 is 4.98 Å². The summed E-state index contributed by atoms with van der Waals surface area (Å²) in [4.78, 5) is 14.7. The maximum atomic E-state index is 11.9. The summed E-state index contributed by atoms with van der Waals surface area (Å²) >= 11 is 7.18. The number of hydrogen-bond donors (Lipinski definition) is 2. The zero-order valence-corrected chi connectivity index (χ0v) is 12.1. The van der Waals surface area contributed by atoms with Gasteiger partial charge in [0.25, 0.3) is 0 Å². The molecule has 2 aromatic heterocycles. The highest BCUT2D eigenvalue weighted by Gasteiger charge is 2.16. The third-order valence-corrected chi connectivity index (χ3v) is 5.14. The summed E-state index contributed by atoms with van der Waals surface area (Å²) in [6, 6.07) is 4.78. The van der Waals surface area contributed by atoms with Crippen LogP contribution in [0, 0.1) is 0 Å². The smallest absolute Gasteiger partial charge is 0.245 e. The number of aromatic nitrogens is 1. The highest BCUT2D eigenvalue weighted by molar-refractivity contribution is 7.89. The van der Waals surface area contributed by atoms with E-state index in [0.717, 1.165) is 4.88 Å². The number of halogens is 1. The fourth-order valence-corrected chi connectivity index (χ4v) is 3.65. The Morgan fingerprint density at radius 1 is 1.32 bits per heavy atom. The quantitative estimate of drug-likeness (QED) is 0.879. The second-order valence-electron chi connectivity index (χ2n) is 3.73. The molecule has 0 aliphatic rings. The van der Waals surface area contributed by atoms with E-state index in [0.29, 0.717) is 10.8 Å². The lowest BCUT2D eigenvalue weighted by atomic mass is 10.3. The molecule has 19 heavy (non-hydrogen) atoms. The van der Waals surface area contributed by atoms with Gasteiger partial charge in [-0.1, -0.05) is 11.6 Å². The predicted octanol–water partition coefficient (Wildman–Crippen LogP) is 1.61. The summed E-state index contributed by atoms with van der Waals surface area (Å²) in [5.74, 6) is 0. The van der Waals surface area contributed by atoms with Crippen molar-refractivity contribution in [2.45, 2.75) is 11.3 Å². The fourth-order valence-electron chi connectivity index (χ4n) is 1.48. The van der Waals surface area contributed by atoms with Crippen LogP contribution < -0.4 is 10.2 Å². The van der Waals surface area contributed by atoms with Crippen molar-refractivity contribution in [2.75, 3.05) is 6.54 Å². The summed E-state index contributed by atoms with van der Waals surface area (Å²) in [5, 5.41) is 0. The molecule has 0 radical (unpaired) electrons. The molecule has 0 saturated heterocycles. The molecule has 2 N–H and O–H groups in total. The monoisotopic (exact) mass is 318 g/mol. The molecule has 0 aliphatic carbocycles. The van der Waals surface area contributed by atoms with Gasteiger partial charge in [0.1, 0.15) is 4.90 Å². The summed E-state index contributed by atoms with van der Waals surface area (Å²) in [7, 11) is -3.78. The van der Waals surface area contributed by atoms with Crippen molar-refractivity contribution in [2.24, 2.45) is 0 Å². The minimum atomic E-state index is -3.78. The van der Waals surface area contributed by atoms with Crippen molar-refractivity contribution < 1.29 is 8.42 Å². The lowest BCUT2D eigenvalue weighted by Gasteiger charge is -2.04. The summed E-state index contributed by atoms with van der Waals surface area (Å²) in [5.41, 5.74) is -0.537. The molecule has 8 heteroatoms. The van der Waals surface area contributed by atoms with Gasteiger partial charge >= 0.3 is 0 Å². The average Bonchev–Trinajstić information content (AvgIpc) is 2.75. The van der Waals surface area contributed by atoms with Crippen LogP contribution in [0.5, 0.6) is 0 Å². The van der Waals surface area contributed by atoms with Crippen LogP contribution in [-0.2, 0) is 16.4 Å². The van der Waals surface area contributed by atoms with Crippen molar-refractivity contribution in [3.05, 3.63) is 50.0 Å². The first kappa shape index (κ1) is 14.3. The minimum absolute atomic E-state index is 0.216. The number of H-pyrrole nitrogens is 1. The van der Waals surface area contributed by atoms with Crippen LogP contribution in [0.4, 0.5) is 0 Å². The van der Waals surface area contributed by atoms with Gasteiger partial charge in [-0.2, -0.15) is 0 Å². The fraction of sp³-hybridized carbons (Fsp3) is 0.182. The van der Waals surface area contributed by atoms with E-state index in [2.05, 4.69) is 9.71 Å². The topological polar surface area (TPSA) is 79.0 Å². The summed E-state index contributed by atoms with van der Waals surface area (Å²) in [6.07, 6.45) is 3.09. The molecule has 0 fully saturated rings. The lowest BCUT2D eigenvalue weighted by molar-refractivity contribution is 0.580. The largest absolute Gasteiger partial charge is 0.366 e. The van der Waals surface area contributed by atoms with E-state index < -0.39 is 15.5 Å². The zero-order chi connectivity index (χ0) is 13.9. The Bertz CT molecular complexity index is 721. The van der Waals surface area contributed by atoms with Crippen molar-refractivity contribution in [3.63, 3.8) is 0 Å². The molecule has 0 aromatic carbocycles. The van der Waals surface area contributed by atoms with Gasteiger partial charge in [0.05, 0.1) is 4.34 Å². The van der Waals surface area contributed by atoms with E-state index in [1.807, 2.05) is 6.07 Å². The Kier molecular flexibility index (Phi) is 4.41. The standard InChI is InChI=1S/C11H11ClN2O3S2/c12-11-2-1-8(18-11)3-6-14-19(16,17)10-7-13-5-4-9(10)15/h1-2,4-5,7,14H,3,6H2,(H,13,15). The molecule has 0 saturated carbocycles. The molecule has 0 bridgehead atoms. The van der Waals surface area contributed by atoms with Crippen LogP contribution in [0.2, 0.25) is 4.34 Å². The molecule has 2 rings (SSSR count). The van der Waals surface area contributed by atoms with E-state index >= 15 is 0 Å². The van der Waals surface area contributed by atoms with E-state index in [9.17, 15) is 13.2 Å². The van der Waals surface area contributed by atoms with E-state index in [1.165, 1.54) is 29.8 Å². The third kappa shape index (κ3) is 3.66. The number of rotatable bonds is 5. The Labute approximate surface area is 119 Å². The molecule has 0 spiro atoms. The number of aromatic amines is 1. The van der Waals surface area contributed by atoms with Crippen LogP contribution in [0.25, 0.3) is 0 Å². The van der Waals surface area contributed by atoms with Crippen molar-refractivity contribution in [1.29, 1.82) is 0 Å². The zero-order valence-electron chi connectivity index (χ0n) is 9.72. The third-order valence-electron chi connectivity index (χ3n) is 2.37. The van der Waals surface area contributed by atoms with E-state index in [-0.39, 0.29) is 11.4 Å². The molecule has 2 aromatic rings. The van der Waals surface area contributed by atoms with Crippen LogP contribution in [-0.4, -0.2) is 19.9 Å². The number of nitrogens with one attached hydrogen (secondary N) is 2. The highest BCUT2D eigenvalue weighted by Crippen LogP contribution is 2.21. The maximum absolute atomic E-state index is 11.9. The summed E-state index contributed by atoms with van der Waals surface area (Å²) in [6.45, 7) is 0.216. The van der Waals surface area contributed by atoms with Crippen LogP contribution >= 0.6 is 22.9 Å². The normalized spacial score (nSPS) is 11.6. The molecule has 2 heterocycles. The number of sulfonamides is 1. The molecule has 0 atom stereocenters. The molecular formula is C11H11ClN2O3S2. The first-order valence-corrected chi connectivity index (χ1v) is 8.08. The van der Waals surface area contributed by atoms with E-state index in [1.54, 1.807) is 6.07 Å². The number of thiophene rings is 1. The predicted molar refractivity (Wildman–Crippen MR) is 75.3 cm³/mol. The first-order valence-electron chi connectivity index (χ1n) is 5.40. The van der Waals surface area contributed by atoms with Crippen molar-refractivity contribution in [1.82, 2.24) is 9.71 Å². The Hall–Kier alpha value is -1.15. The first-order chi connectivity index (χ1) is 8.99. The molecule has 0 unspecified atom stereocenters.